The molecule has 0 saturated carbocycles. The molecule has 202 valence electrons. The highest BCUT2D eigenvalue weighted by molar-refractivity contribution is 5.94. The third-order valence-electron chi connectivity index (χ3n) is 4.83. The third kappa shape index (κ3) is 10.6. The van der Waals surface area contributed by atoms with Crippen LogP contribution in [0, 0.1) is 0 Å². The molecule has 0 aliphatic carbocycles. The highest BCUT2D eigenvalue weighted by atomic mass is 16.4. The minimum atomic E-state index is -1.44. The summed E-state index contributed by atoms with van der Waals surface area (Å²) in [7, 11) is 0. The molecule has 2 heterocycles. The van der Waals surface area contributed by atoms with Gasteiger partial charge in [0, 0.05) is 6.54 Å². The zero-order valence-electron chi connectivity index (χ0n) is 19.7. The average molecular weight is 524 g/mol. The molecule has 18 nitrogen and oxygen atoms in total. The second-order valence-corrected chi connectivity index (χ2v) is 7.91. The van der Waals surface area contributed by atoms with Crippen molar-refractivity contribution in [1.29, 1.82) is 0 Å². The van der Waals surface area contributed by atoms with Crippen LogP contribution in [0.2, 0.25) is 0 Å². The number of carboxylic acids is 1. The zero-order chi connectivity index (χ0) is 27.4. The van der Waals surface area contributed by atoms with Gasteiger partial charge in [-0.1, -0.05) is 5.21 Å². The molecule has 2 rings (SSSR count). The molecule has 2 atom stereocenters. The van der Waals surface area contributed by atoms with Crippen LogP contribution in [0.4, 0.5) is 0 Å². The van der Waals surface area contributed by atoms with Crippen LogP contribution in [0.15, 0.2) is 11.2 Å². The van der Waals surface area contributed by atoms with E-state index in [4.69, 9.17) is 16.6 Å². The van der Waals surface area contributed by atoms with Crippen LogP contribution in [-0.2, 0) is 41.9 Å². The van der Waals surface area contributed by atoms with Crippen LogP contribution < -0.4 is 38.1 Å². The Labute approximate surface area is 210 Å². The normalized spacial score (nSPS) is 20.1. The molecule has 1 aliphatic heterocycles. The summed E-state index contributed by atoms with van der Waals surface area (Å²) in [6.07, 6.45) is 1.04. The summed E-state index contributed by atoms with van der Waals surface area (Å²) >= 11 is 0. The van der Waals surface area contributed by atoms with Crippen molar-refractivity contribution in [3.63, 3.8) is 0 Å². The monoisotopic (exact) mass is 523 g/mol. The van der Waals surface area contributed by atoms with Gasteiger partial charge in [0.15, 0.2) is 5.96 Å². The molecule has 0 aromatic carbocycles. The number of rotatable bonds is 6. The van der Waals surface area contributed by atoms with Gasteiger partial charge in [-0.2, -0.15) is 0 Å². The fourth-order valence-corrected chi connectivity index (χ4v) is 3.12. The molecule has 1 aromatic heterocycles. The van der Waals surface area contributed by atoms with E-state index in [-0.39, 0.29) is 37.7 Å². The Hall–Kier alpha value is -4.77. The lowest BCUT2D eigenvalue weighted by atomic mass is 10.1. The summed E-state index contributed by atoms with van der Waals surface area (Å²) in [4.78, 5) is 77.0. The number of nitrogens with two attached hydrogens (primary N) is 2. The predicted molar refractivity (Wildman–Crippen MR) is 124 cm³/mol. The Kier molecular flexibility index (Phi) is 10.7. The van der Waals surface area contributed by atoms with E-state index < -0.39 is 67.1 Å². The average Bonchev–Trinajstić information content (AvgIpc) is 3.27. The van der Waals surface area contributed by atoms with Crippen LogP contribution in [0.3, 0.4) is 0 Å². The number of aliphatic imine (C=N–C) groups is 1. The van der Waals surface area contributed by atoms with Gasteiger partial charge in [-0.25, -0.2) is 4.68 Å². The van der Waals surface area contributed by atoms with Gasteiger partial charge in [-0.15, -0.1) is 5.10 Å². The summed E-state index contributed by atoms with van der Waals surface area (Å²) in [5, 5.41) is 28.5. The number of carbonyl (C=O) groups excluding carboxylic acids is 5. The quantitative estimate of drug-likeness (QED) is 0.0989. The molecule has 0 saturated heterocycles. The SMILES string of the molecule is NC(N)=NCCC[C@@H]1NC(=O)CNC(=O)Cn2cc(nn2)CNC(=O)[C@H](CC(=O)O)NC(=O)CNC1=O. The number of hydrogen-bond acceptors (Lipinski definition) is 9. The van der Waals surface area contributed by atoms with Gasteiger partial charge in [-0.05, 0) is 12.8 Å². The lowest BCUT2D eigenvalue weighted by Gasteiger charge is -2.19. The molecule has 1 aliphatic rings. The molecular weight excluding hydrogens is 494 g/mol. The van der Waals surface area contributed by atoms with Crippen molar-refractivity contribution < 1.29 is 33.9 Å². The van der Waals surface area contributed by atoms with Gasteiger partial charge in [0.1, 0.15) is 24.3 Å². The summed E-state index contributed by atoms with van der Waals surface area (Å²) in [6.45, 7) is -1.31. The first-order valence-corrected chi connectivity index (χ1v) is 11.1. The largest absolute Gasteiger partial charge is 0.481 e. The minimum Gasteiger partial charge on any atom is -0.481 e. The van der Waals surface area contributed by atoms with E-state index in [0.29, 0.717) is 6.42 Å². The summed E-state index contributed by atoms with van der Waals surface area (Å²) in [5.41, 5.74) is 10.8. The number of fused-ring (bicyclic) bond motifs is 2. The van der Waals surface area contributed by atoms with Gasteiger partial charge in [-0.3, -0.25) is 33.8 Å². The van der Waals surface area contributed by atoms with Crippen molar-refractivity contribution in [2.75, 3.05) is 19.6 Å². The van der Waals surface area contributed by atoms with E-state index in [9.17, 15) is 28.8 Å². The van der Waals surface area contributed by atoms with E-state index >= 15 is 0 Å². The first kappa shape index (κ1) is 28.5. The lowest BCUT2D eigenvalue weighted by Crippen LogP contribution is -2.53. The lowest BCUT2D eigenvalue weighted by molar-refractivity contribution is -0.140. The maximum absolute atomic E-state index is 12.7. The maximum Gasteiger partial charge on any atom is 0.305 e. The highest BCUT2D eigenvalue weighted by Gasteiger charge is 2.26. The van der Waals surface area contributed by atoms with Gasteiger partial charge < -0.3 is 43.2 Å². The smallest absolute Gasteiger partial charge is 0.305 e. The third-order valence-corrected chi connectivity index (χ3v) is 4.83. The first-order chi connectivity index (χ1) is 17.5. The van der Waals surface area contributed by atoms with Crippen LogP contribution in [0.1, 0.15) is 25.0 Å². The van der Waals surface area contributed by atoms with Gasteiger partial charge in [0.05, 0.1) is 32.3 Å². The predicted octanol–water partition coefficient (Wildman–Crippen LogP) is -5.36. The molecule has 10 N–H and O–H groups in total. The topological polar surface area (TPSA) is 278 Å². The number of aromatic nitrogens is 3. The first-order valence-electron chi connectivity index (χ1n) is 11.1. The van der Waals surface area contributed by atoms with Crippen molar-refractivity contribution in [1.82, 2.24) is 41.6 Å². The minimum absolute atomic E-state index is 0.0930. The fourth-order valence-electron chi connectivity index (χ4n) is 3.12. The van der Waals surface area contributed by atoms with E-state index in [1.165, 1.54) is 10.9 Å². The number of nitrogens with zero attached hydrogens (tertiary/aromatic N) is 4. The maximum atomic E-state index is 12.7. The zero-order valence-corrected chi connectivity index (χ0v) is 19.7. The van der Waals surface area contributed by atoms with Crippen molar-refractivity contribution in [2.45, 2.75) is 44.4 Å². The van der Waals surface area contributed by atoms with Crippen LogP contribution in [0.5, 0.6) is 0 Å². The number of nitrogens with one attached hydrogen (secondary N) is 5. The Morgan fingerprint density at radius 3 is 2.27 bits per heavy atom. The molecule has 37 heavy (non-hydrogen) atoms. The van der Waals surface area contributed by atoms with Gasteiger partial charge >= 0.3 is 5.97 Å². The summed E-state index contributed by atoms with van der Waals surface area (Å²) in [6, 6.07) is -2.55. The van der Waals surface area contributed by atoms with Gasteiger partial charge in [0.2, 0.25) is 29.5 Å². The molecule has 18 heteroatoms. The highest BCUT2D eigenvalue weighted by Crippen LogP contribution is 2.00. The Bertz CT molecular complexity index is 1050. The second-order valence-electron chi connectivity index (χ2n) is 7.91. The molecule has 5 amide bonds. The standard InChI is InChI=1S/C19H29N11O7/c20-19(21)22-3-1-2-11-17(36)25-7-14(32)27-12(4-16(34)35)18(37)24-5-10-8-30(29-28-10)9-15(33)23-6-13(31)26-11/h8,11-12H,1-7,9H2,(H,23,33)(H,24,37)(H,25,36)(H,26,31)(H,27,32)(H,34,35)(H4,20,21,22)/t11-,12-/m0/s1. The van der Waals surface area contributed by atoms with Crippen molar-refractivity contribution >= 4 is 41.5 Å². The number of guanidine groups is 1. The number of amides is 5. The number of carboxylic acid groups (broad SMARTS) is 1. The van der Waals surface area contributed by atoms with Crippen molar-refractivity contribution in [2.24, 2.45) is 16.5 Å². The molecule has 0 radical (unpaired) electrons. The molecule has 0 spiro atoms. The number of hydrogen-bond donors (Lipinski definition) is 8. The number of carbonyl (C=O) groups is 6. The second kappa shape index (κ2) is 14.0. The molecule has 1 aromatic rings. The molecule has 0 unspecified atom stereocenters. The van der Waals surface area contributed by atoms with Gasteiger partial charge in [0.25, 0.3) is 0 Å². The Morgan fingerprint density at radius 2 is 1.59 bits per heavy atom. The van der Waals surface area contributed by atoms with E-state index in [0.717, 1.165) is 0 Å². The fraction of sp³-hybridized carbons (Fsp3) is 0.526. The molecule has 0 fully saturated rings. The molecule has 2 bridgehead atoms. The van der Waals surface area contributed by atoms with Crippen LogP contribution >= 0.6 is 0 Å². The molecular formula is C19H29N11O7. The van der Waals surface area contributed by atoms with Crippen LogP contribution in [0.25, 0.3) is 0 Å². The Balaban J connectivity index is 2.18. The Morgan fingerprint density at radius 1 is 0.973 bits per heavy atom. The van der Waals surface area contributed by atoms with E-state index in [1.807, 2.05) is 0 Å². The van der Waals surface area contributed by atoms with Crippen LogP contribution in [-0.4, -0.2) is 93.3 Å². The van der Waals surface area contributed by atoms with E-state index in [1.54, 1.807) is 0 Å². The van der Waals surface area contributed by atoms with E-state index in [2.05, 4.69) is 41.9 Å². The van der Waals surface area contributed by atoms with Crippen molar-refractivity contribution in [3.05, 3.63) is 11.9 Å². The number of aliphatic carboxylic acids is 1. The van der Waals surface area contributed by atoms with Crippen molar-refractivity contribution in [3.8, 4) is 0 Å². The summed E-state index contributed by atoms with van der Waals surface area (Å²) < 4.78 is 1.17. The summed E-state index contributed by atoms with van der Waals surface area (Å²) in [5.74, 6) is -5.11.